The number of primary amides is 1. The van der Waals surface area contributed by atoms with Gasteiger partial charge in [-0.1, -0.05) is 17.7 Å². The van der Waals surface area contributed by atoms with Gasteiger partial charge in [0, 0.05) is 13.0 Å². The number of amides is 2. The molecule has 0 atom stereocenters. The third-order valence-corrected chi connectivity index (χ3v) is 2.76. The molecular formula is C12H16ClN3O2. The summed E-state index contributed by atoms with van der Waals surface area (Å²) in [6, 6.07) is 4.90. The van der Waals surface area contributed by atoms with Crippen LogP contribution in [0, 0.1) is 0 Å². The maximum absolute atomic E-state index is 11.8. The number of carbonyl (C=O) groups excluding carboxylic acids is 2. The highest BCUT2D eigenvalue weighted by Gasteiger charge is 2.10. The molecule has 5 N–H and O–H groups in total. The topological polar surface area (TPSA) is 98.2 Å². The van der Waals surface area contributed by atoms with Gasteiger partial charge in [0.2, 0.25) is 5.91 Å². The molecule has 0 fully saturated rings. The van der Waals surface area contributed by atoms with Crippen molar-refractivity contribution in [1.82, 2.24) is 5.32 Å². The number of carbonyl (C=O) groups is 2. The second-order valence-electron chi connectivity index (χ2n) is 3.88. The van der Waals surface area contributed by atoms with Gasteiger partial charge in [-0.2, -0.15) is 0 Å². The van der Waals surface area contributed by atoms with Gasteiger partial charge in [-0.05, 0) is 25.0 Å². The SMILES string of the molecule is NC(=O)CCCCNC(=O)c1cccc(Cl)c1N. The molecule has 98 valence electrons. The monoisotopic (exact) mass is 269 g/mol. The van der Waals surface area contributed by atoms with Crippen molar-refractivity contribution in [2.24, 2.45) is 5.73 Å². The van der Waals surface area contributed by atoms with Gasteiger partial charge in [0.15, 0.2) is 0 Å². The lowest BCUT2D eigenvalue weighted by atomic mass is 10.1. The summed E-state index contributed by atoms with van der Waals surface area (Å²) in [6.07, 6.45) is 1.67. The number of nitrogen functional groups attached to an aromatic ring is 1. The van der Waals surface area contributed by atoms with E-state index in [4.69, 9.17) is 23.1 Å². The molecule has 0 heterocycles. The zero-order chi connectivity index (χ0) is 13.5. The molecular weight excluding hydrogens is 254 g/mol. The van der Waals surface area contributed by atoms with E-state index in [1.807, 2.05) is 0 Å². The summed E-state index contributed by atoms with van der Waals surface area (Å²) < 4.78 is 0. The second-order valence-corrected chi connectivity index (χ2v) is 4.29. The number of benzene rings is 1. The Balaban J connectivity index is 2.41. The van der Waals surface area contributed by atoms with Crippen LogP contribution in [0.4, 0.5) is 5.69 Å². The van der Waals surface area contributed by atoms with Gasteiger partial charge in [-0.25, -0.2) is 0 Å². The highest BCUT2D eigenvalue weighted by molar-refractivity contribution is 6.33. The number of anilines is 1. The van der Waals surface area contributed by atoms with Crippen LogP contribution in [0.15, 0.2) is 18.2 Å². The van der Waals surface area contributed by atoms with Gasteiger partial charge in [0.25, 0.3) is 5.91 Å². The number of halogens is 1. The molecule has 0 spiro atoms. The molecule has 0 aromatic heterocycles. The Hall–Kier alpha value is -1.75. The number of nitrogens with one attached hydrogen (secondary N) is 1. The molecule has 1 aromatic carbocycles. The first-order chi connectivity index (χ1) is 8.52. The molecule has 5 nitrogen and oxygen atoms in total. The Kier molecular flexibility index (Phi) is 5.45. The Morgan fingerprint density at radius 2 is 2.00 bits per heavy atom. The highest BCUT2D eigenvalue weighted by Crippen LogP contribution is 2.22. The van der Waals surface area contributed by atoms with Crippen LogP contribution in [0.1, 0.15) is 29.6 Å². The number of hydrogen-bond donors (Lipinski definition) is 3. The van der Waals surface area contributed by atoms with E-state index in [1.54, 1.807) is 18.2 Å². The van der Waals surface area contributed by atoms with Gasteiger partial charge in [-0.15, -0.1) is 0 Å². The van der Waals surface area contributed by atoms with E-state index in [9.17, 15) is 9.59 Å². The first-order valence-corrected chi connectivity index (χ1v) is 6.00. The molecule has 0 aliphatic carbocycles. The lowest BCUT2D eigenvalue weighted by Crippen LogP contribution is -2.25. The lowest BCUT2D eigenvalue weighted by molar-refractivity contribution is -0.118. The molecule has 0 radical (unpaired) electrons. The molecule has 0 aliphatic rings. The van der Waals surface area contributed by atoms with Crippen LogP contribution in [0.2, 0.25) is 5.02 Å². The summed E-state index contributed by atoms with van der Waals surface area (Å²) in [5.74, 6) is -0.602. The minimum atomic E-state index is -0.333. The third-order valence-electron chi connectivity index (χ3n) is 2.43. The van der Waals surface area contributed by atoms with Crippen molar-refractivity contribution in [3.05, 3.63) is 28.8 Å². The Morgan fingerprint density at radius 3 is 2.67 bits per heavy atom. The maximum atomic E-state index is 11.8. The van der Waals surface area contributed by atoms with Crippen molar-refractivity contribution in [2.45, 2.75) is 19.3 Å². The van der Waals surface area contributed by atoms with E-state index < -0.39 is 0 Å². The van der Waals surface area contributed by atoms with Crippen LogP contribution in [0.5, 0.6) is 0 Å². The lowest BCUT2D eigenvalue weighted by Gasteiger charge is -2.08. The molecule has 0 unspecified atom stereocenters. The van der Waals surface area contributed by atoms with Crippen molar-refractivity contribution in [1.29, 1.82) is 0 Å². The Morgan fingerprint density at radius 1 is 1.28 bits per heavy atom. The van der Waals surface area contributed by atoms with Crippen LogP contribution >= 0.6 is 11.6 Å². The van der Waals surface area contributed by atoms with Crippen molar-refractivity contribution in [3.8, 4) is 0 Å². The summed E-state index contributed by atoms with van der Waals surface area (Å²) in [6.45, 7) is 0.470. The minimum Gasteiger partial charge on any atom is -0.397 e. The summed E-state index contributed by atoms with van der Waals surface area (Å²) in [4.78, 5) is 22.3. The molecule has 0 bridgehead atoms. The van der Waals surface area contributed by atoms with Crippen molar-refractivity contribution >= 4 is 29.1 Å². The van der Waals surface area contributed by atoms with Crippen molar-refractivity contribution in [3.63, 3.8) is 0 Å². The van der Waals surface area contributed by atoms with Crippen molar-refractivity contribution < 1.29 is 9.59 Å². The number of para-hydroxylation sites is 1. The number of nitrogens with two attached hydrogens (primary N) is 2. The van der Waals surface area contributed by atoms with Gasteiger partial charge in [0.05, 0.1) is 16.3 Å². The summed E-state index contributed by atoms with van der Waals surface area (Å²) in [5, 5.41) is 3.07. The molecule has 18 heavy (non-hydrogen) atoms. The fourth-order valence-electron chi connectivity index (χ4n) is 1.46. The fourth-order valence-corrected chi connectivity index (χ4v) is 1.63. The zero-order valence-corrected chi connectivity index (χ0v) is 10.7. The van der Waals surface area contributed by atoms with Crippen LogP contribution in [-0.4, -0.2) is 18.4 Å². The summed E-state index contributed by atoms with van der Waals surface area (Å²) in [7, 11) is 0. The molecule has 2 amide bonds. The first kappa shape index (κ1) is 14.3. The van der Waals surface area contributed by atoms with Crippen LogP contribution in [0.3, 0.4) is 0 Å². The molecule has 1 rings (SSSR count). The van der Waals surface area contributed by atoms with Gasteiger partial charge < -0.3 is 16.8 Å². The first-order valence-electron chi connectivity index (χ1n) is 5.63. The van der Waals surface area contributed by atoms with E-state index in [-0.39, 0.29) is 17.5 Å². The smallest absolute Gasteiger partial charge is 0.253 e. The van der Waals surface area contributed by atoms with Crippen LogP contribution in [0.25, 0.3) is 0 Å². The van der Waals surface area contributed by atoms with Crippen LogP contribution in [-0.2, 0) is 4.79 Å². The third kappa shape index (κ3) is 4.25. The van der Waals surface area contributed by atoms with Gasteiger partial charge >= 0.3 is 0 Å². The number of unbranched alkanes of at least 4 members (excludes halogenated alkanes) is 1. The largest absolute Gasteiger partial charge is 0.397 e. The summed E-state index contributed by atoms with van der Waals surface area (Å²) >= 11 is 5.82. The van der Waals surface area contributed by atoms with Gasteiger partial charge in [-0.3, -0.25) is 9.59 Å². The zero-order valence-electron chi connectivity index (χ0n) is 9.91. The number of rotatable bonds is 6. The quantitative estimate of drug-likeness (QED) is 0.536. The van der Waals surface area contributed by atoms with Gasteiger partial charge in [0.1, 0.15) is 0 Å². The molecule has 6 heteroatoms. The predicted molar refractivity (Wildman–Crippen MR) is 71.2 cm³/mol. The Bertz CT molecular complexity index is 449. The van der Waals surface area contributed by atoms with Crippen LogP contribution < -0.4 is 16.8 Å². The van der Waals surface area contributed by atoms with Crippen molar-refractivity contribution in [2.75, 3.05) is 12.3 Å². The maximum Gasteiger partial charge on any atom is 0.253 e. The summed E-state index contributed by atoms with van der Waals surface area (Å²) in [5.41, 5.74) is 11.3. The molecule has 0 saturated heterocycles. The Labute approximate surface area is 110 Å². The second kappa shape index (κ2) is 6.86. The number of hydrogen-bond acceptors (Lipinski definition) is 3. The van der Waals surface area contributed by atoms with E-state index in [0.717, 1.165) is 0 Å². The van der Waals surface area contributed by atoms with E-state index >= 15 is 0 Å². The van der Waals surface area contributed by atoms with E-state index in [1.165, 1.54) is 0 Å². The molecule has 1 aromatic rings. The average Bonchev–Trinajstić information content (AvgIpc) is 2.31. The standard InChI is InChI=1S/C12H16ClN3O2/c13-9-5-3-4-8(11(9)15)12(18)16-7-2-1-6-10(14)17/h3-5H,1-2,6-7,15H2,(H2,14,17)(H,16,18). The normalized spacial score (nSPS) is 10.1. The minimum absolute atomic E-state index is 0.269. The molecule has 0 aliphatic heterocycles. The highest BCUT2D eigenvalue weighted by atomic mass is 35.5. The fraction of sp³-hybridized carbons (Fsp3) is 0.333. The predicted octanol–water partition coefficient (Wildman–Crippen LogP) is 1.31. The average molecular weight is 270 g/mol. The molecule has 0 saturated carbocycles. The van der Waals surface area contributed by atoms with E-state index in [0.29, 0.717) is 36.4 Å². The van der Waals surface area contributed by atoms with E-state index in [2.05, 4.69) is 5.32 Å².